The van der Waals surface area contributed by atoms with Crippen molar-refractivity contribution >= 4 is 17.5 Å². The number of carboxylic acid groups (broad SMARTS) is 1. The van der Waals surface area contributed by atoms with Gasteiger partial charge < -0.3 is 14.7 Å². The molecule has 8 heteroatoms. The summed E-state index contributed by atoms with van der Waals surface area (Å²) >= 11 is 0. The Labute approximate surface area is 166 Å². The van der Waals surface area contributed by atoms with E-state index in [9.17, 15) is 14.9 Å². The summed E-state index contributed by atoms with van der Waals surface area (Å²) < 4.78 is 5.45. The number of hydrogen-bond donors (Lipinski definition) is 1. The highest BCUT2D eigenvalue weighted by molar-refractivity contribution is 5.68. The van der Waals surface area contributed by atoms with Crippen LogP contribution in [0.4, 0.5) is 11.5 Å². The van der Waals surface area contributed by atoms with Crippen LogP contribution >= 0.6 is 0 Å². The second kappa shape index (κ2) is 9.82. The van der Waals surface area contributed by atoms with Crippen molar-refractivity contribution in [1.82, 2.24) is 4.98 Å². The summed E-state index contributed by atoms with van der Waals surface area (Å²) in [5, 5.41) is 20.8. The van der Waals surface area contributed by atoms with E-state index in [1.54, 1.807) is 20.2 Å². The zero-order valence-electron chi connectivity index (χ0n) is 17.1. The summed E-state index contributed by atoms with van der Waals surface area (Å²) in [6, 6.07) is 1.67. The predicted octanol–water partition coefficient (Wildman–Crippen LogP) is 3.99. The molecule has 1 saturated carbocycles. The van der Waals surface area contributed by atoms with E-state index in [1.807, 2.05) is 0 Å². The number of methoxy groups -OCH3 is 1. The van der Waals surface area contributed by atoms with E-state index in [2.05, 4.69) is 23.7 Å². The number of rotatable bonds is 9. The normalized spacial score (nSPS) is 20.8. The Morgan fingerprint density at radius 1 is 1.36 bits per heavy atom. The maximum atomic E-state index is 11.8. The van der Waals surface area contributed by atoms with Gasteiger partial charge >= 0.3 is 11.7 Å². The predicted molar refractivity (Wildman–Crippen MR) is 107 cm³/mol. The van der Waals surface area contributed by atoms with Crippen LogP contribution in [-0.4, -0.2) is 46.8 Å². The third kappa shape index (κ3) is 5.64. The Balaban J connectivity index is 2.36. The Kier molecular flexibility index (Phi) is 7.74. The fourth-order valence-electron chi connectivity index (χ4n) is 3.86. The maximum Gasteiger partial charge on any atom is 0.311 e. The molecule has 0 bridgehead atoms. The minimum absolute atomic E-state index is 0.0516. The van der Waals surface area contributed by atoms with Crippen LogP contribution in [0, 0.1) is 16.0 Å². The van der Waals surface area contributed by atoms with Gasteiger partial charge in [-0.15, -0.1) is 0 Å². The van der Waals surface area contributed by atoms with Gasteiger partial charge in [0.1, 0.15) is 0 Å². The molecule has 1 heterocycles. The number of aliphatic carboxylic acids is 1. The summed E-state index contributed by atoms with van der Waals surface area (Å²) in [6.07, 6.45) is 5.41. The lowest BCUT2D eigenvalue weighted by atomic mass is 9.91. The van der Waals surface area contributed by atoms with E-state index >= 15 is 0 Å². The molecule has 1 aromatic rings. The molecule has 1 atom stereocenters. The second-order valence-electron chi connectivity index (χ2n) is 8.08. The van der Waals surface area contributed by atoms with Gasteiger partial charge in [-0.05, 0) is 43.1 Å². The Hall–Kier alpha value is -2.22. The number of pyridine rings is 1. The summed E-state index contributed by atoms with van der Waals surface area (Å²) in [5.74, 6) is -0.568. The van der Waals surface area contributed by atoms with Gasteiger partial charge in [-0.3, -0.25) is 14.9 Å². The Morgan fingerprint density at radius 3 is 2.50 bits per heavy atom. The van der Waals surface area contributed by atoms with E-state index in [0.29, 0.717) is 23.8 Å². The Morgan fingerprint density at radius 2 is 2.00 bits per heavy atom. The van der Waals surface area contributed by atoms with Crippen molar-refractivity contribution in [2.24, 2.45) is 5.92 Å². The molecule has 1 N–H and O–H groups in total. The maximum absolute atomic E-state index is 11.8. The molecule has 0 unspecified atom stereocenters. The third-order valence-electron chi connectivity index (χ3n) is 5.37. The van der Waals surface area contributed by atoms with Gasteiger partial charge in [-0.2, -0.15) is 0 Å². The minimum Gasteiger partial charge on any atom is -0.481 e. The quantitative estimate of drug-likeness (QED) is 0.499. The fourth-order valence-corrected chi connectivity index (χ4v) is 3.86. The van der Waals surface area contributed by atoms with Gasteiger partial charge in [0.2, 0.25) is 5.82 Å². The first-order chi connectivity index (χ1) is 13.2. The molecule has 1 aliphatic carbocycles. The van der Waals surface area contributed by atoms with Gasteiger partial charge in [0.15, 0.2) is 0 Å². The monoisotopic (exact) mass is 393 g/mol. The van der Waals surface area contributed by atoms with Crippen molar-refractivity contribution in [2.45, 2.75) is 70.9 Å². The summed E-state index contributed by atoms with van der Waals surface area (Å²) in [4.78, 5) is 28.9. The molecular formula is C20H31N3O5. The zero-order valence-corrected chi connectivity index (χ0v) is 17.1. The lowest BCUT2D eigenvalue weighted by Gasteiger charge is -2.38. The van der Waals surface area contributed by atoms with Crippen LogP contribution in [0.25, 0.3) is 0 Å². The number of aromatic nitrogens is 1. The van der Waals surface area contributed by atoms with E-state index in [0.717, 1.165) is 25.7 Å². The smallest absolute Gasteiger partial charge is 0.311 e. The van der Waals surface area contributed by atoms with E-state index in [1.165, 1.54) is 6.07 Å². The minimum atomic E-state index is -0.935. The van der Waals surface area contributed by atoms with E-state index in [-0.39, 0.29) is 30.2 Å². The molecular weight excluding hydrogens is 362 g/mol. The van der Waals surface area contributed by atoms with Crippen molar-refractivity contribution in [1.29, 1.82) is 0 Å². The number of nitro groups is 1. The number of anilines is 1. The van der Waals surface area contributed by atoms with Crippen molar-refractivity contribution in [3.63, 3.8) is 0 Å². The largest absolute Gasteiger partial charge is 0.481 e. The van der Waals surface area contributed by atoms with Crippen molar-refractivity contribution in [2.75, 3.05) is 18.6 Å². The zero-order chi connectivity index (χ0) is 20.8. The standard InChI is InChI=1S/C20H31N3O5/c1-13(2)12-22(16-5-7-17(28-4)8-6-16)20-18(23(26)27)10-15(11-21-20)14(3)9-19(24)25/h10-11,13-14,16-17H,5-9,12H2,1-4H3,(H,24,25)/t14-,16?,17?/m1/s1. The highest BCUT2D eigenvalue weighted by Crippen LogP contribution is 2.35. The van der Waals surface area contributed by atoms with Crippen molar-refractivity contribution in [3.8, 4) is 0 Å². The molecule has 1 aliphatic rings. The molecule has 1 fully saturated rings. The van der Waals surface area contributed by atoms with Crippen LogP contribution in [0.15, 0.2) is 12.3 Å². The Bertz CT molecular complexity index is 686. The first-order valence-corrected chi connectivity index (χ1v) is 9.88. The fraction of sp³-hybridized carbons (Fsp3) is 0.700. The third-order valence-corrected chi connectivity index (χ3v) is 5.37. The number of hydrogen-bond acceptors (Lipinski definition) is 6. The molecule has 156 valence electrons. The van der Waals surface area contributed by atoms with Crippen molar-refractivity contribution in [3.05, 3.63) is 27.9 Å². The highest BCUT2D eigenvalue weighted by Gasteiger charge is 2.32. The number of carboxylic acids is 1. The summed E-state index contributed by atoms with van der Waals surface area (Å²) in [5.41, 5.74) is 0.523. The average molecular weight is 393 g/mol. The van der Waals surface area contributed by atoms with Crippen LogP contribution in [0.5, 0.6) is 0 Å². The van der Waals surface area contributed by atoms with Crippen LogP contribution in [0.3, 0.4) is 0 Å². The topological polar surface area (TPSA) is 106 Å². The van der Waals surface area contributed by atoms with E-state index < -0.39 is 10.9 Å². The summed E-state index contributed by atoms with van der Waals surface area (Å²) in [6.45, 7) is 6.60. The number of carbonyl (C=O) groups is 1. The molecule has 0 spiro atoms. The van der Waals surface area contributed by atoms with Crippen molar-refractivity contribution < 1.29 is 19.6 Å². The summed E-state index contributed by atoms with van der Waals surface area (Å²) in [7, 11) is 1.72. The van der Waals surface area contributed by atoms with Crippen LogP contribution < -0.4 is 4.90 Å². The van der Waals surface area contributed by atoms with Gasteiger partial charge in [0, 0.05) is 32.0 Å². The van der Waals surface area contributed by atoms with Gasteiger partial charge in [-0.1, -0.05) is 20.8 Å². The van der Waals surface area contributed by atoms with Crippen LogP contribution in [-0.2, 0) is 9.53 Å². The van der Waals surface area contributed by atoms with Gasteiger partial charge in [-0.25, -0.2) is 4.98 Å². The van der Waals surface area contributed by atoms with Crippen LogP contribution in [0.1, 0.15) is 64.4 Å². The SMILES string of the molecule is COC1CCC(N(CC(C)C)c2ncc([C@H](C)CC(=O)O)cc2[N+](=O)[O-])CC1. The first kappa shape index (κ1) is 22.1. The molecule has 0 saturated heterocycles. The first-order valence-electron chi connectivity index (χ1n) is 9.88. The average Bonchev–Trinajstić information content (AvgIpc) is 2.65. The molecule has 0 radical (unpaired) electrons. The van der Waals surface area contributed by atoms with Gasteiger partial charge in [0.05, 0.1) is 17.4 Å². The second-order valence-corrected chi connectivity index (χ2v) is 8.08. The lowest BCUT2D eigenvalue weighted by molar-refractivity contribution is -0.384. The molecule has 0 aliphatic heterocycles. The highest BCUT2D eigenvalue weighted by atomic mass is 16.6. The molecule has 2 rings (SSSR count). The van der Waals surface area contributed by atoms with E-state index in [4.69, 9.17) is 9.84 Å². The number of ether oxygens (including phenoxy) is 1. The molecule has 0 aromatic carbocycles. The lowest BCUT2D eigenvalue weighted by Crippen LogP contribution is -2.42. The van der Waals surface area contributed by atoms with Crippen LogP contribution in [0.2, 0.25) is 0 Å². The molecule has 8 nitrogen and oxygen atoms in total. The molecule has 28 heavy (non-hydrogen) atoms. The molecule has 1 aromatic heterocycles. The number of nitrogens with zero attached hydrogens (tertiary/aromatic N) is 3. The van der Waals surface area contributed by atoms with Gasteiger partial charge in [0.25, 0.3) is 0 Å². The molecule has 0 amide bonds.